The average molecular weight is 376 g/mol. The third kappa shape index (κ3) is 6.07. The molecule has 0 radical (unpaired) electrons. The summed E-state index contributed by atoms with van der Waals surface area (Å²) < 4.78 is 30.7. The second-order valence-electron chi connectivity index (χ2n) is 6.09. The largest absolute Gasteiger partial charge is 0.494 e. The molecule has 0 aliphatic carbocycles. The number of carbonyl (C=O) groups excluding carboxylic acids is 1. The van der Waals surface area contributed by atoms with E-state index in [2.05, 4.69) is 17.0 Å². The highest BCUT2D eigenvalue weighted by Gasteiger charge is 2.10. The Labute approximate surface area is 154 Å². The first-order valence-corrected chi connectivity index (χ1v) is 10.3. The molecule has 0 atom stereocenters. The van der Waals surface area contributed by atoms with Crippen LogP contribution < -0.4 is 14.8 Å². The van der Waals surface area contributed by atoms with Crippen molar-refractivity contribution in [3.05, 3.63) is 53.6 Å². The fourth-order valence-electron chi connectivity index (χ4n) is 2.33. The van der Waals surface area contributed by atoms with E-state index in [0.29, 0.717) is 23.5 Å². The van der Waals surface area contributed by atoms with Gasteiger partial charge in [-0.1, -0.05) is 19.4 Å². The first kappa shape index (κ1) is 19.8. The smallest absolute Gasteiger partial charge is 0.255 e. The number of aryl methyl sites for hydroxylation is 1. The van der Waals surface area contributed by atoms with E-state index in [4.69, 9.17) is 4.74 Å². The zero-order chi connectivity index (χ0) is 19.2. The van der Waals surface area contributed by atoms with Gasteiger partial charge < -0.3 is 10.1 Å². The van der Waals surface area contributed by atoms with Crippen LogP contribution in [0.4, 0.5) is 11.4 Å². The SMILES string of the molecule is CCCCOc1ccc(NC(=O)c2cccc(NS(C)(=O)=O)c2)c(C)c1. The van der Waals surface area contributed by atoms with Gasteiger partial charge >= 0.3 is 0 Å². The van der Waals surface area contributed by atoms with Crippen molar-refractivity contribution in [3.63, 3.8) is 0 Å². The number of hydrogen-bond acceptors (Lipinski definition) is 4. The molecule has 6 nitrogen and oxygen atoms in total. The summed E-state index contributed by atoms with van der Waals surface area (Å²) in [5, 5.41) is 2.84. The summed E-state index contributed by atoms with van der Waals surface area (Å²) in [4.78, 5) is 12.5. The summed E-state index contributed by atoms with van der Waals surface area (Å²) in [5.74, 6) is 0.457. The van der Waals surface area contributed by atoms with Crippen molar-refractivity contribution in [2.45, 2.75) is 26.7 Å². The van der Waals surface area contributed by atoms with Crippen molar-refractivity contribution in [3.8, 4) is 5.75 Å². The summed E-state index contributed by atoms with van der Waals surface area (Å²) in [6, 6.07) is 11.8. The molecule has 0 spiro atoms. The lowest BCUT2D eigenvalue weighted by molar-refractivity contribution is 0.102. The Morgan fingerprint density at radius 2 is 1.92 bits per heavy atom. The molecule has 0 bridgehead atoms. The number of unbranched alkanes of at least 4 members (excludes halogenated alkanes) is 1. The predicted molar refractivity (Wildman–Crippen MR) is 104 cm³/mol. The Balaban J connectivity index is 2.09. The van der Waals surface area contributed by atoms with Crippen molar-refractivity contribution in [2.75, 3.05) is 22.9 Å². The Morgan fingerprint density at radius 3 is 2.58 bits per heavy atom. The minimum atomic E-state index is -3.40. The summed E-state index contributed by atoms with van der Waals surface area (Å²) in [6.45, 7) is 4.67. The molecule has 2 rings (SSSR count). The maximum atomic E-state index is 12.5. The first-order valence-electron chi connectivity index (χ1n) is 8.41. The van der Waals surface area contributed by atoms with Crippen LogP contribution in [-0.4, -0.2) is 27.2 Å². The molecule has 0 saturated heterocycles. The van der Waals surface area contributed by atoms with Gasteiger partial charge in [0.25, 0.3) is 5.91 Å². The molecule has 26 heavy (non-hydrogen) atoms. The maximum absolute atomic E-state index is 12.5. The Hall–Kier alpha value is -2.54. The first-order chi connectivity index (χ1) is 12.3. The van der Waals surface area contributed by atoms with Crippen LogP contribution in [0, 0.1) is 6.92 Å². The molecule has 0 aromatic heterocycles. The molecular weight excluding hydrogens is 352 g/mol. The molecule has 2 aromatic rings. The zero-order valence-electron chi connectivity index (χ0n) is 15.2. The number of anilines is 2. The molecule has 1 amide bonds. The second-order valence-corrected chi connectivity index (χ2v) is 7.84. The van der Waals surface area contributed by atoms with Gasteiger partial charge in [-0.2, -0.15) is 0 Å². The molecule has 140 valence electrons. The van der Waals surface area contributed by atoms with E-state index in [9.17, 15) is 13.2 Å². The van der Waals surface area contributed by atoms with Gasteiger partial charge in [0, 0.05) is 16.9 Å². The van der Waals surface area contributed by atoms with E-state index in [-0.39, 0.29) is 5.91 Å². The summed E-state index contributed by atoms with van der Waals surface area (Å²) in [6.07, 6.45) is 3.13. The van der Waals surface area contributed by atoms with Gasteiger partial charge in [-0.15, -0.1) is 0 Å². The predicted octanol–water partition coefficient (Wildman–Crippen LogP) is 3.80. The molecule has 2 aromatic carbocycles. The topological polar surface area (TPSA) is 84.5 Å². The maximum Gasteiger partial charge on any atom is 0.255 e. The highest BCUT2D eigenvalue weighted by atomic mass is 32.2. The number of amides is 1. The normalized spacial score (nSPS) is 11.0. The van der Waals surface area contributed by atoms with Gasteiger partial charge in [0.05, 0.1) is 12.9 Å². The molecular formula is C19H24N2O4S. The fourth-order valence-corrected chi connectivity index (χ4v) is 2.89. The molecule has 0 heterocycles. The van der Waals surface area contributed by atoms with Crippen LogP contribution in [-0.2, 0) is 10.0 Å². The molecule has 0 aliphatic rings. The Kier molecular flexibility index (Phi) is 6.63. The van der Waals surface area contributed by atoms with Crippen LogP contribution in [0.1, 0.15) is 35.7 Å². The van der Waals surface area contributed by atoms with E-state index in [0.717, 1.165) is 30.4 Å². The van der Waals surface area contributed by atoms with Gasteiger partial charge in [0.1, 0.15) is 5.75 Å². The molecule has 0 saturated carbocycles. The van der Waals surface area contributed by atoms with Gasteiger partial charge in [-0.3, -0.25) is 9.52 Å². The Bertz CT molecular complexity index is 879. The number of hydrogen-bond donors (Lipinski definition) is 2. The van der Waals surface area contributed by atoms with E-state index in [1.54, 1.807) is 24.3 Å². The van der Waals surface area contributed by atoms with Crippen molar-refractivity contribution >= 4 is 27.3 Å². The lowest BCUT2D eigenvalue weighted by Gasteiger charge is -2.12. The number of carbonyl (C=O) groups is 1. The van der Waals surface area contributed by atoms with E-state index in [1.165, 1.54) is 6.07 Å². The minimum absolute atomic E-state index is 0.315. The number of benzene rings is 2. The van der Waals surface area contributed by atoms with Crippen LogP contribution in [0.5, 0.6) is 5.75 Å². The molecule has 7 heteroatoms. The quantitative estimate of drug-likeness (QED) is 0.686. The van der Waals surface area contributed by atoms with Crippen molar-refractivity contribution in [2.24, 2.45) is 0 Å². The van der Waals surface area contributed by atoms with Crippen LogP contribution >= 0.6 is 0 Å². The highest BCUT2D eigenvalue weighted by molar-refractivity contribution is 7.92. The number of sulfonamides is 1. The lowest BCUT2D eigenvalue weighted by Crippen LogP contribution is -2.14. The zero-order valence-corrected chi connectivity index (χ0v) is 16.0. The molecule has 0 unspecified atom stereocenters. The number of rotatable bonds is 8. The number of nitrogens with one attached hydrogen (secondary N) is 2. The number of ether oxygens (including phenoxy) is 1. The monoisotopic (exact) mass is 376 g/mol. The van der Waals surface area contributed by atoms with Crippen molar-refractivity contribution in [1.29, 1.82) is 0 Å². The van der Waals surface area contributed by atoms with E-state index >= 15 is 0 Å². The van der Waals surface area contributed by atoms with E-state index < -0.39 is 10.0 Å². The standard InChI is InChI=1S/C19H24N2O4S/c1-4-5-11-25-17-9-10-18(14(2)12-17)20-19(22)15-7-6-8-16(13-15)21-26(3,23)24/h6-10,12-13,21H,4-5,11H2,1-3H3,(H,20,22). The van der Waals surface area contributed by atoms with Crippen LogP contribution in [0.25, 0.3) is 0 Å². The summed E-state index contributed by atoms with van der Waals surface area (Å²) >= 11 is 0. The van der Waals surface area contributed by atoms with E-state index in [1.807, 2.05) is 19.1 Å². The highest BCUT2D eigenvalue weighted by Crippen LogP contribution is 2.22. The van der Waals surface area contributed by atoms with Crippen molar-refractivity contribution < 1.29 is 17.9 Å². The molecule has 2 N–H and O–H groups in total. The third-order valence-electron chi connectivity index (χ3n) is 3.64. The van der Waals surface area contributed by atoms with Crippen LogP contribution in [0.2, 0.25) is 0 Å². The average Bonchev–Trinajstić information content (AvgIpc) is 2.56. The van der Waals surface area contributed by atoms with Gasteiger partial charge in [-0.25, -0.2) is 8.42 Å². The minimum Gasteiger partial charge on any atom is -0.494 e. The van der Waals surface area contributed by atoms with Gasteiger partial charge in [0.15, 0.2) is 0 Å². The van der Waals surface area contributed by atoms with Crippen molar-refractivity contribution in [1.82, 2.24) is 0 Å². The summed E-state index contributed by atoms with van der Waals surface area (Å²) in [7, 11) is -3.40. The fraction of sp³-hybridized carbons (Fsp3) is 0.316. The third-order valence-corrected chi connectivity index (χ3v) is 4.25. The molecule has 0 fully saturated rings. The van der Waals surface area contributed by atoms with Gasteiger partial charge in [0.2, 0.25) is 10.0 Å². The second kappa shape index (κ2) is 8.71. The summed E-state index contributed by atoms with van der Waals surface area (Å²) in [5.41, 5.74) is 2.27. The van der Waals surface area contributed by atoms with Crippen LogP contribution in [0.15, 0.2) is 42.5 Å². The van der Waals surface area contributed by atoms with Crippen LogP contribution in [0.3, 0.4) is 0 Å². The Morgan fingerprint density at radius 1 is 1.15 bits per heavy atom. The molecule has 0 aliphatic heterocycles. The van der Waals surface area contributed by atoms with Gasteiger partial charge in [-0.05, 0) is 55.3 Å². The lowest BCUT2D eigenvalue weighted by atomic mass is 10.1.